The Labute approximate surface area is 339 Å². The van der Waals surface area contributed by atoms with E-state index in [0.29, 0.717) is 0 Å². The zero-order valence-electron chi connectivity index (χ0n) is 31.4. The summed E-state index contributed by atoms with van der Waals surface area (Å²) in [6.07, 6.45) is 0. The van der Waals surface area contributed by atoms with Gasteiger partial charge in [-0.2, -0.15) is 0 Å². The maximum atomic E-state index is 2.55. The minimum absolute atomic E-state index is 0.428. The standard InChI is InChI=1S/C57H32S/c1-2-12-37-33(10-1)11-9-16-39(37)40-26-21-35-22-28-45-38(25-20-34-23-29-46(40)56(35)55(34)45)36-24-27-43-41-13-3-6-17-49(41)57(51(43)30-36)50-18-7-4-14-42(50)47-32-54-48(31-52(47)57)44-15-5-8-19-53(44)58-54/h1-32H. The van der Waals surface area contributed by atoms with Gasteiger partial charge in [0.2, 0.25) is 0 Å². The molecule has 1 spiro atoms. The van der Waals surface area contributed by atoms with E-state index in [-0.39, 0.29) is 0 Å². The van der Waals surface area contributed by atoms with Gasteiger partial charge >= 0.3 is 0 Å². The van der Waals surface area contributed by atoms with Gasteiger partial charge in [-0.15, -0.1) is 11.3 Å². The number of rotatable bonds is 2. The molecule has 0 amide bonds. The quantitative estimate of drug-likeness (QED) is 0.154. The van der Waals surface area contributed by atoms with Gasteiger partial charge in [0.05, 0.1) is 5.41 Å². The van der Waals surface area contributed by atoms with Crippen molar-refractivity contribution in [3.05, 3.63) is 216 Å². The second-order valence-electron chi connectivity index (χ2n) is 16.3. The molecule has 0 fully saturated rings. The minimum Gasteiger partial charge on any atom is -0.135 e. The number of thiophene rings is 1. The van der Waals surface area contributed by atoms with Crippen molar-refractivity contribution in [1.82, 2.24) is 0 Å². The van der Waals surface area contributed by atoms with Crippen LogP contribution < -0.4 is 0 Å². The smallest absolute Gasteiger partial charge is 0.0725 e. The summed E-state index contributed by atoms with van der Waals surface area (Å²) in [7, 11) is 0. The molecule has 14 rings (SSSR count). The van der Waals surface area contributed by atoms with Crippen molar-refractivity contribution in [2.45, 2.75) is 5.41 Å². The molecule has 12 aromatic rings. The van der Waals surface area contributed by atoms with Crippen molar-refractivity contribution in [2.75, 3.05) is 0 Å². The van der Waals surface area contributed by atoms with E-state index in [9.17, 15) is 0 Å². The Balaban J connectivity index is 1.04. The van der Waals surface area contributed by atoms with Crippen LogP contribution in [0.25, 0.3) is 108 Å². The molecule has 0 radical (unpaired) electrons. The summed E-state index contributed by atoms with van der Waals surface area (Å²) in [5.74, 6) is 0. The fourth-order valence-electron chi connectivity index (χ4n) is 11.3. The van der Waals surface area contributed by atoms with Crippen LogP contribution in [0.15, 0.2) is 194 Å². The normalized spacial score (nSPS) is 15.3. The number of hydrogen-bond donors (Lipinski definition) is 0. The summed E-state index contributed by atoms with van der Waals surface area (Å²) in [4.78, 5) is 0. The van der Waals surface area contributed by atoms with Crippen LogP contribution in [-0.4, -0.2) is 0 Å². The average molecular weight is 749 g/mol. The van der Waals surface area contributed by atoms with E-state index in [0.717, 1.165) is 0 Å². The summed E-state index contributed by atoms with van der Waals surface area (Å²) < 4.78 is 2.69. The highest BCUT2D eigenvalue weighted by Gasteiger charge is 2.52. The van der Waals surface area contributed by atoms with Crippen LogP contribution in [0.1, 0.15) is 22.3 Å². The second-order valence-corrected chi connectivity index (χ2v) is 17.4. The maximum absolute atomic E-state index is 2.55. The molecule has 11 aromatic carbocycles. The predicted molar refractivity (Wildman–Crippen MR) is 248 cm³/mol. The molecule has 58 heavy (non-hydrogen) atoms. The van der Waals surface area contributed by atoms with Crippen molar-refractivity contribution < 1.29 is 0 Å². The van der Waals surface area contributed by atoms with Crippen molar-refractivity contribution in [3.63, 3.8) is 0 Å². The van der Waals surface area contributed by atoms with Crippen molar-refractivity contribution in [1.29, 1.82) is 0 Å². The first-order chi connectivity index (χ1) is 28.8. The molecule has 1 unspecified atom stereocenters. The summed E-state index contributed by atoms with van der Waals surface area (Å²) in [5, 5.41) is 13.1. The van der Waals surface area contributed by atoms with Crippen LogP contribution in [0.4, 0.5) is 0 Å². The number of fused-ring (bicyclic) bond motifs is 14. The highest BCUT2D eigenvalue weighted by molar-refractivity contribution is 7.25. The van der Waals surface area contributed by atoms with E-state index in [1.165, 1.54) is 130 Å². The Morgan fingerprint density at radius 1 is 0.276 bits per heavy atom. The molecule has 266 valence electrons. The maximum Gasteiger partial charge on any atom is 0.0725 e. The van der Waals surface area contributed by atoms with Gasteiger partial charge in [-0.25, -0.2) is 0 Å². The first kappa shape index (κ1) is 31.1. The number of benzene rings is 11. The van der Waals surface area contributed by atoms with E-state index in [2.05, 4.69) is 194 Å². The van der Waals surface area contributed by atoms with Gasteiger partial charge < -0.3 is 0 Å². The molecule has 1 atom stereocenters. The van der Waals surface area contributed by atoms with Gasteiger partial charge in [-0.1, -0.05) is 170 Å². The lowest BCUT2D eigenvalue weighted by Crippen LogP contribution is -2.25. The molecule has 2 aliphatic carbocycles. The fourth-order valence-corrected chi connectivity index (χ4v) is 12.4. The van der Waals surface area contributed by atoms with Crippen LogP contribution in [-0.2, 0) is 5.41 Å². The van der Waals surface area contributed by atoms with Gasteiger partial charge in [0.1, 0.15) is 0 Å². The largest absolute Gasteiger partial charge is 0.135 e. The van der Waals surface area contributed by atoms with Crippen molar-refractivity contribution in [3.8, 4) is 44.5 Å². The minimum atomic E-state index is -0.428. The third-order valence-electron chi connectivity index (χ3n) is 13.6. The predicted octanol–water partition coefficient (Wildman–Crippen LogP) is 15.8. The van der Waals surface area contributed by atoms with Gasteiger partial charge in [0.15, 0.2) is 0 Å². The fraction of sp³-hybridized carbons (Fsp3) is 0.0175. The van der Waals surface area contributed by atoms with Crippen molar-refractivity contribution >= 4 is 74.6 Å². The molecule has 2 aliphatic rings. The Bertz CT molecular complexity index is 3740. The lowest BCUT2D eigenvalue weighted by Gasteiger charge is -2.31. The van der Waals surface area contributed by atoms with Crippen LogP contribution in [0, 0.1) is 0 Å². The summed E-state index contributed by atoms with van der Waals surface area (Å²) in [5.41, 5.74) is 15.6. The van der Waals surface area contributed by atoms with Gasteiger partial charge in [0.25, 0.3) is 0 Å². The molecule has 0 N–H and O–H groups in total. The molecule has 1 heteroatoms. The van der Waals surface area contributed by atoms with E-state index in [4.69, 9.17) is 0 Å². The van der Waals surface area contributed by atoms with E-state index < -0.39 is 5.41 Å². The SMILES string of the molecule is c1ccc2c(c1)-c1ccc(-c3ccc4ccc5c(-c6cccc7ccccc67)ccc6ccc3c4c65)cc1C21c2ccccc2-c2cc3sc4ccccc4c3cc21. The highest BCUT2D eigenvalue weighted by atomic mass is 32.1. The van der Waals surface area contributed by atoms with Crippen LogP contribution in [0.2, 0.25) is 0 Å². The molecule has 1 heterocycles. The van der Waals surface area contributed by atoms with Crippen molar-refractivity contribution in [2.24, 2.45) is 0 Å². The first-order valence-corrected chi connectivity index (χ1v) is 21.1. The molecular weight excluding hydrogens is 717 g/mol. The van der Waals surface area contributed by atoms with Crippen LogP contribution in [0.5, 0.6) is 0 Å². The first-order valence-electron chi connectivity index (χ1n) is 20.2. The molecular formula is C57H32S. The Kier molecular flexibility index (Phi) is 5.93. The average Bonchev–Trinajstić information content (AvgIpc) is 3.90. The summed E-state index contributed by atoms with van der Waals surface area (Å²) in [6.45, 7) is 0. The second kappa shape index (κ2) is 11.1. The monoisotopic (exact) mass is 748 g/mol. The van der Waals surface area contributed by atoms with Gasteiger partial charge in [-0.05, 0) is 134 Å². The zero-order chi connectivity index (χ0) is 37.7. The van der Waals surface area contributed by atoms with Gasteiger partial charge in [0, 0.05) is 20.2 Å². The topological polar surface area (TPSA) is 0 Å². The summed E-state index contributed by atoms with van der Waals surface area (Å²) in [6, 6.07) is 73.8. The lowest BCUT2D eigenvalue weighted by molar-refractivity contribution is 0.795. The molecule has 0 aliphatic heterocycles. The third kappa shape index (κ3) is 3.80. The molecule has 1 aromatic heterocycles. The third-order valence-corrected chi connectivity index (χ3v) is 14.8. The highest BCUT2D eigenvalue weighted by Crippen LogP contribution is 2.64. The Hall–Kier alpha value is -7.06. The summed E-state index contributed by atoms with van der Waals surface area (Å²) >= 11 is 1.91. The van der Waals surface area contributed by atoms with Crippen LogP contribution >= 0.6 is 11.3 Å². The Morgan fingerprint density at radius 2 is 0.828 bits per heavy atom. The van der Waals surface area contributed by atoms with Gasteiger partial charge in [-0.3, -0.25) is 0 Å². The van der Waals surface area contributed by atoms with Crippen LogP contribution in [0.3, 0.4) is 0 Å². The van der Waals surface area contributed by atoms with E-state index in [1.54, 1.807) is 0 Å². The Morgan fingerprint density at radius 3 is 1.64 bits per heavy atom. The molecule has 0 bridgehead atoms. The number of hydrogen-bond acceptors (Lipinski definition) is 1. The molecule has 0 saturated heterocycles. The zero-order valence-corrected chi connectivity index (χ0v) is 32.2. The van der Waals surface area contributed by atoms with E-state index in [1.807, 2.05) is 11.3 Å². The molecule has 0 saturated carbocycles. The molecule has 0 nitrogen and oxygen atoms in total. The lowest BCUT2D eigenvalue weighted by atomic mass is 9.70. The van der Waals surface area contributed by atoms with E-state index >= 15 is 0 Å².